The highest BCUT2D eigenvalue weighted by Crippen LogP contribution is 2.21. The van der Waals surface area contributed by atoms with Gasteiger partial charge in [-0.1, -0.05) is 25.4 Å². The zero-order valence-corrected chi connectivity index (χ0v) is 13.2. The van der Waals surface area contributed by atoms with Gasteiger partial charge in [-0.05, 0) is 48.8 Å². The molecule has 1 N–H and O–H groups in total. The van der Waals surface area contributed by atoms with E-state index in [1.165, 1.54) is 4.90 Å². The molecule has 0 unspecified atom stereocenters. The van der Waals surface area contributed by atoms with Crippen LogP contribution >= 0.6 is 23.4 Å². The van der Waals surface area contributed by atoms with Crippen LogP contribution in [0.25, 0.3) is 0 Å². The number of carbonyl (C=O) groups is 1. The van der Waals surface area contributed by atoms with Crippen molar-refractivity contribution >= 4 is 29.3 Å². The zero-order valence-electron chi connectivity index (χ0n) is 11.6. The fraction of sp³-hybridized carbons (Fsp3) is 0.533. The largest absolute Gasteiger partial charge is 0.356 e. The van der Waals surface area contributed by atoms with Gasteiger partial charge >= 0.3 is 0 Å². The number of hydrogen-bond donors (Lipinski definition) is 1. The molecule has 1 aromatic carbocycles. The van der Waals surface area contributed by atoms with Crippen molar-refractivity contribution in [1.29, 1.82) is 0 Å². The van der Waals surface area contributed by atoms with Crippen molar-refractivity contribution in [2.24, 2.45) is 5.92 Å². The Bertz CT molecular complexity index is 378. The third-order valence-electron chi connectivity index (χ3n) is 2.67. The van der Waals surface area contributed by atoms with Crippen LogP contribution in [-0.2, 0) is 4.79 Å². The van der Waals surface area contributed by atoms with Crippen LogP contribution in [0.1, 0.15) is 33.1 Å². The first-order valence-corrected chi connectivity index (χ1v) is 8.09. The minimum atomic E-state index is 0.164. The first kappa shape index (κ1) is 16.4. The molecule has 0 bridgehead atoms. The summed E-state index contributed by atoms with van der Waals surface area (Å²) in [5, 5.41) is 3.71. The number of thioether (sulfide) groups is 1. The molecule has 1 rings (SSSR count). The molecule has 106 valence electrons. The summed E-state index contributed by atoms with van der Waals surface area (Å²) in [6.07, 6.45) is 2.56. The van der Waals surface area contributed by atoms with Gasteiger partial charge in [-0.15, -0.1) is 11.8 Å². The number of hydrogen-bond acceptors (Lipinski definition) is 2. The molecule has 0 aliphatic heterocycles. The zero-order chi connectivity index (χ0) is 14.1. The number of amides is 1. The van der Waals surface area contributed by atoms with Crippen molar-refractivity contribution in [2.45, 2.75) is 38.0 Å². The van der Waals surface area contributed by atoms with Crippen molar-refractivity contribution in [3.63, 3.8) is 0 Å². The number of benzene rings is 1. The summed E-state index contributed by atoms with van der Waals surface area (Å²) in [5.41, 5.74) is 0. The Kier molecular flexibility index (Phi) is 7.99. The SMILES string of the molecule is CC(C)CCNC(=O)CCCSc1ccc(Cl)cc1. The Morgan fingerprint density at radius 2 is 2.00 bits per heavy atom. The van der Waals surface area contributed by atoms with Gasteiger partial charge in [-0.25, -0.2) is 0 Å². The number of nitrogens with one attached hydrogen (secondary N) is 1. The van der Waals surface area contributed by atoms with Gasteiger partial charge in [0.25, 0.3) is 0 Å². The first-order chi connectivity index (χ1) is 9.08. The molecule has 2 nitrogen and oxygen atoms in total. The third-order valence-corrected chi connectivity index (χ3v) is 4.02. The molecule has 0 atom stereocenters. The Hall–Kier alpha value is -0.670. The molecule has 19 heavy (non-hydrogen) atoms. The normalized spacial score (nSPS) is 10.7. The molecule has 1 aromatic rings. The Balaban J connectivity index is 2.07. The van der Waals surface area contributed by atoms with E-state index in [4.69, 9.17) is 11.6 Å². The Morgan fingerprint density at radius 3 is 2.63 bits per heavy atom. The second-order valence-corrected chi connectivity index (χ2v) is 6.54. The highest BCUT2D eigenvalue weighted by atomic mass is 35.5. The molecular weight excluding hydrogens is 278 g/mol. The first-order valence-electron chi connectivity index (χ1n) is 6.73. The van der Waals surface area contributed by atoms with Gasteiger partial charge in [0.05, 0.1) is 0 Å². The second-order valence-electron chi connectivity index (χ2n) is 4.94. The van der Waals surface area contributed by atoms with Crippen molar-refractivity contribution in [1.82, 2.24) is 5.32 Å². The maximum absolute atomic E-state index is 11.5. The minimum absolute atomic E-state index is 0.164. The van der Waals surface area contributed by atoms with E-state index >= 15 is 0 Å². The molecule has 0 aliphatic carbocycles. The molecule has 0 spiro atoms. The van der Waals surface area contributed by atoms with Gasteiger partial charge in [0, 0.05) is 22.9 Å². The van der Waals surface area contributed by atoms with E-state index in [0.29, 0.717) is 12.3 Å². The average molecular weight is 300 g/mol. The van der Waals surface area contributed by atoms with Crippen LogP contribution in [0.5, 0.6) is 0 Å². The molecule has 0 fully saturated rings. The molecule has 0 aromatic heterocycles. The highest BCUT2D eigenvalue weighted by molar-refractivity contribution is 7.99. The number of halogens is 1. The topological polar surface area (TPSA) is 29.1 Å². The lowest BCUT2D eigenvalue weighted by molar-refractivity contribution is -0.121. The van der Waals surface area contributed by atoms with Crippen molar-refractivity contribution in [3.8, 4) is 0 Å². The Labute approximate surface area is 125 Å². The van der Waals surface area contributed by atoms with E-state index in [-0.39, 0.29) is 5.91 Å². The smallest absolute Gasteiger partial charge is 0.220 e. The summed E-state index contributed by atoms with van der Waals surface area (Å²) >= 11 is 7.58. The monoisotopic (exact) mass is 299 g/mol. The van der Waals surface area contributed by atoms with Crippen molar-refractivity contribution in [3.05, 3.63) is 29.3 Å². The van der Waals surface area contributed by atoms with Crippen LogP contribution in [0.2, 0.25) is 5.02 Å². The fourth-order valence-corrected chi connectivity index (χ4v) is 2.52. The molecule has 0 saturated carbocycles. The fourth-order valence-electron chi connectivity index (χ4n) is 1.54. The quantitative estimate of drug-likeness (QED) is 0.570. The van der Waals surface area contributed by atoms with Crippen LogP contribution in [0.15, 0.2) is 29.2 Å². The maximum atomic E-state index is 11.5. The summed E-state index contributed by atoms with van der Waals surface area (Å²) in [6, 6.07) is 7.80. The van der Waals surface area contributed by atoms with E-state index in [0.717, 1.165) is 30.2 Å². The van der Waals surface area contributed by atoms with Gasteiger partial charge in [0.2, 0.25) is 5.91 Å². The Morgan fingerprint density at radius 1 is 1.32 bits per heavy atom. The summed E-state index contributed by atoms with van der Waals surface area (Å²) in [5.74, 6) is 1.76. The molecule has 1 amide bonds. The molecule has 0 saturated heterocycles. The van der Waals surface area contributed by atoms with Gasteiger partial charge in [0.1, 0.15) is 0 Å². The summed E-state index contributed by atoms with van der Waals surface area (Å²) in [7, 11) is 0. The van der Waals surface area contributed by atoms with Gasteiger partial charge in [0.15, 0.2) is 0 Å². The van der Waals surface area contributed by atoms with Crippen molar-refractivity contribution in [2.75, 3.05) is 12.3 Å². The van der Waals surface area contributed by atoms with Crippen LogP contribution in [0, 0.1) is 5.92 Å². The predicted octanol–water partition coefficient (Wildman–Crippen LogP) is 4.37. The van der Waals surface area contributed by atoms with Gasteiger partial charge in [-0.2, -0.15) is 0 Å². The highest BCUT2D eigenvalue weighted by Gasteiger charge is 2.02. The van der Waals surface area contributed by atoms with Crippen LogP contribution in [0.3, 0.4) is 0 Å². The van der Waals surface area contributed by atoms with Crippen molar-refractivity contribution < 1.29 is 4.79 Å². The van der Waals surface area contributed by atoms with Gasteiger partial charge in [-0.3, -0.25) is 4.79 Å². The lowest BCUT2D eigenvalue weighted by atomic mass is 10.1. The number of rotatable bonds is 8. The van der Waals surface area contributed by atoms with E-state index in [1.54, 1.807) is 11.8 Å². The predicted molar refractivity (Wildman–Crippen MR) is 83.9 cm³/mol. The van der Waals surface area contributed by atoms with E-state index < -0.39 is 0 Å². The lowest BCUT2D eigenvalue weighted by Crippen LogP contribution is -2.25. The molecule has 0 heterocycles. The lowest BCUT2D eigenvalue weighted by Gasteiger charge is -2.07. The average Bonchev–Trinajstić information content (AvgIpc) is 2.36. The van der Waals surface area contributed by atoms with E-state index in [1.807, 2.05) is 24.3 Å². The molecule has 4 heteroatoms. The molecule has 0 aliphatic rings. The van der Waals surface area contributed by atoms with Gasteiger partial charge < -0.3 is 5.32 Å². The van der Waals surface area contributed by atoms with E-state index in [9.17, 15) is 4.79 Å². The molecule has 0 radical (unpaired) electrons. The summed E-state index contributed by atoms with van der Waals surface area (Å²) in [6.45, 7) is 5.12. The summed E-state index contributed by atoms with van der Waals surface area (Å²) < 4.78 is 0. The number of carbonyl (C=O) groups excluding carboxylic acids is 1. The van der Waals surface area contributed by atoms with Crippen LogP contribution in [-0.4, -0.2) is 18.2 Å². The second kappa shape index (κ2) is 9.27. The summed E-state index contributed by atoms with van der Waals surface area (Å²) in [4.78, 5) is 12.7. The maximum Gasteiger partial charge on any atom is 0.220 e. The van der Waals surface area contributed by atoms with Crippen LogP contribution in [0.4, 0.5) is 0 Å². The minimum Gasteiger partial charge on any atom is -0.356 e. The molecular formula is C15H22ClNOS. The van der Waals surface area contributed by atoms with E-state index in [2.05, 4.69) is 19.2 Å². The standard InChI is InChI=1S/C15H22ClNOS/c1-12(2)9-10-17-15(18)4-3-11-19-14-7-5-13(16)6-8-14/h5-8,12H,3-4,9-11H2,1-2H3,(H,17,18). The third kappa shape index (κ3) is 8.17. The van der Waals surface area contributed by atoms with Crippen LogP contribution < -0.4 is 5.32 Å².